The summed E-state index contributed by atoms with van der Waals surface area (Å²) in [7, 11) is 1.28. The molecule has 0 aliphatic carbocycles. The second-order valence-electron chi connectivity index (χ2n) is 9.34. The van der Waals surface area contributed by atoms with Gasteiger partial charge in [0.15, 0.2) is 29.2 Å². The van der Waals surface area contributed by atoms with E-state index in [0.29, 0.717) is 47.5 Å². The molecular formula is C29H37IN4O8. The lowest BCUT2D eigenvalue weighted by atomic mass is 9.95. The maximum absolute atomic E-state index is 12.4. The molecule has 4 N–H and O–H groups in total. The van der Waals surface area contributed by atoms with Crippen molar-refractivity contribution in [3.63, 3.8) is 0 Å². The Morgan fingerprint density at radius 3 is 2.50 bits per heavy atom. The highest BCUT2D eigenvalue weighted by Crippen LogP contribution is 2.36. The zero-order valence-electron chi connectivity index (χ0n) is 24.4. The summed E-state index contributed by atoms with van der Waals surface area (Å²) in [6.07, 6.45) is 0.428. The van der Waals surface area contributed by atoms with Gasteiger partial charge < -0.3 is 39.4 Å². The number of amides is 2. The number of hydrogen-bond acceptors (Lipinski definition) is 10. The smallest absolute Gasteiger partial charge is 0.337 e. The van der Waals surface area contributed by atoms with Crippen molar-refractivity contribution in [2.75, 3.05) is 26.9 Å². The molecule has 0 unspecified atom stereocenters. The number of allylic oxidation sites excluding steroid dienone is 1. The highest BCUT2D eigenvalue weighted by molar-refractivity contribution is 14.1. The van der Waals surface area contributed by atoms with Gasteiger partial charge in [0.1, 0.15) is 6.61 Å². The SMILES string of the molecule is CCOc1cc([C@@H]2NC(=O)NC(C)=C2C(=O)OC)ccc1OC[C@@H](O)N/N=C/c1cc(I)c(OC(C)C)c(OCC)c1. The van der Waals surface area contributed by atoms with Crippen LogP contribution < -0.4 is 35.0 Å². The van der Waals surface area contributed by atoms with Crippen molar-refractivity contribution in [1.82, 2.24) is 16.1 Å². The number of nitrogens with one attached hydrogen (secondary N) is 3. The van der Waals surface area contributed by atoms with E-state index in [4.69, 9.17) is 23.7 Å². The van der Waals surface area contributed by atoms with E-state index < -0.39 is 24.3 Å². The molecule has 1 aliphatic heterocycles. The van der Waals surface area contributed by atoms with Crippen LogP contribution in [0.4, 0.5) is 4.79 Å². The Morgan fingerprint density at radius 1 is 1.12 bits per heavy atom. The number of esters is 1. The van der Waals surface area contributed by atoms with Gasteiger partial charge in [-0.3, -0.25) is 5.43 Å². The van der Waals surface area contributed by atoms with E-state index in [1.165, 1.54) is 7.11 Å². The van der Waals surface area contributed by atoms with Gasteiger partial charge in [0.25, 0.3) is 0 Å². The zero-order chi connectivity index (χ0) is 30.8. The quantitative estimate of drug-likeness (QED) is 0.0757. The first-order chi connectivity index (χ1) is 20.1. The largest absolute Gasteiger partial charge is 0.490 e. The first-order valence-corrected chi connectivity index (χ1v) is 14.5. The lowest BCUT2D eigenvalue weighted by Crippen LogP contribution is -2.45. The van der Waals surface area contributed by atoms with Crippen LogP contribution in [0.5, 0.6) is 23.0 Å². The maximum Gasteiger partial charge on any atom is 0.337 e. The second-order valence-corrected chi connectivity index (χ2v) is 10.5. The third-order valence-corrected chi connectivity index (χ3v) is 6.60. The van der Waals surface area contributed by atoms with Gasteiger partial charge >= 0.3 is 12.0 Å². The van der Waals surface area contributed by atoms with E-state index in [-0.39, 0.29) is 18.3 Å². The number of hydrogen-bond donors (Lipinski definition) is 4. The molecule has 1 heterocycles. The summed E-state index contributed by atoms with van der Waals surface area (Å²) in [5.41, 5.74) is 4.66. The molecule has 2 aromatic carbocycles. The van der Waals surface area contributed by atoms with E-state index in [2.05, 4.69) is 43.8 Å². The van der Waals surface area contributed by atoms with E-state index in [1.807, 2.05) is 39.8 Å². The number of aliphatic hydroxyl groups excluding tert-OH is 1. The molecule has 2 aromatic rings. The molecule has 13 heteroatoms. The van der Waals surface area contributed by atoms with Crippen LogP contribution in [-0.2, 0) is 9.53 Å². The fourth-order valence-electron chi connectivity index (χ4n) is 4.10. The molecule has 0 bridgehead atoms. The van der Waals surface area contributed by atoms with E-state index in [9.17, 15) is 14.7 Å². The minimum atomic E-state index is -1.13. The number of nitrogens with zero attached hydrogens (tertiary/aromatic N) is 1. The lowest BCUT2D eigenvalue weighted by Gasteiger charge is -2.28. The standard InChI is InChI=1S/C29H37IN4O8/c1-7-39-22-13-19(26-25(28(36)38-6)17(5)32-29(37)33-26)9-10-21(22)41-15-24(35)34-31-14-18-11-20(30)27(42-16(3)4)23(12-18)40-8-2/h9-14,16,24,26,34-35H,7-8,15H2,1-6H3,(H2,32,33,37)/b31-14+/t24-,26+/m1/s1. The fourth-order valence-corrected chi connectivity index (χ4v) is 4.85. The van der Waals surface area contributed by atoms with Crippen molar-refractivity contribution in [1.29, 1.82) is 0 Å². The van der Waals surface area contributed by atoms with Crippen LogP contribution in [0.15, 0.2) is 46.7 Å². The Balaban J connectivity index is 1.70. The summed E-state index contributed by atoms with van der Waals surface area (Å²) in [5.74, 6) is 1.47. The topological polar surface area (TPSA) is 149 Å². The summed E-state index contributed by atoms with van der Waals surface area (Å²) >= 11 is 2.19. The average Bonchev–Trinajstić information content (AvgIpc) is 2.93. The Bertz CT molecular complexity index is 1330. The number of urea groups is 1. The highest BCUT2D eigenvalue weighted by atomic mass is 127. The molecule has 1 aliphatic rings. The minimum absolute atomic E-state index is 0.00251. The number of ether oxygens (including phenoxy) is 5. The van der Waals surface area contributed by atoms with Crippen LogP contribution in [0.2, 0.25) is 0 Å². The van der Waals surface area contributed by atoms with Gasteiger partial charge in [-0.1, -0.05) is 6.07 Å². The molecule has 228 valence electrons. The molecule has 0 spiro atoms. The number of benzene rings is 2. The summed E-state index contributed by atoms with van der Waals surface area (Å²) in [6, 6.07) is 7.55. The van der Waals surface area contributed by atoms with Crippen molar-refractivity contribution in [3.05, 3.63) is 56.3 Å². The lowest BCUT2D eigenvalue weighted by molar-refractivity contribution is -0.136. The molecule has 2 amide bonds. The normalized spacial score (nSPS) is 15.6. The zero-order valence-corrected chi connectivity index (χ0v) is 26.6. The number of rotatable bonds is 14. The van der Waals surface area contributed by atoms with Gasteiger partial charge in [-0.05, 0) is 92.6 Å². The number of aliphatic hydroxyl groups is 1. The van der Waals surface area contributed by atoms with E-state index >= 15 is 0 Å². The number of hydrazone groups is 1. The van der Waals surface area contributed by atoms with Crippen LogP contribution in [0.1, 0.15) is 51.8 Å². The molecule has 0 radical (unpaired) electrons. The number of halogens is 1. The van der Waals surface area contributed by atoms with Gasteiger partial charge in [0, 0.05) is 5.70 Å². The van der Waals surface area contributed by atoms with Crippen LogP contribution in [0.3, 0.4) is 0 Å². The van der Waals surface area contributed by atoms with Gasteiger partial charge in [0.05, 0.1) is 47.8 Å². The summed E-state index contributed by atoms with van der Waals surface area (Å²) in [6.45, 7) is 9.93. The van der Waals surface area contributed by atoms with Crippen LogP contribution in [0, 0.1) is 3.57 Å². The van der Waals surface area contributed by atoms with E-state index in [0.717, 1.165) is 9.13 Å². The summed E-state index contributed by atoms with van der Waals surface area (Å²) in [5, 5.41) is 19.9. The van der Waals surface area contributed by atoms with Gasteiger partial charge in [0.2, 0.25) is 0 Å². The molecule has 0 saturated carbocycles. The van der Waals surface area contributed by atoms with Crippen LogP contribution >= 0.6 is 22.6 Å². The Labute approximate surface area is 258 Å². The molecule has 3 rings (SSSR count). The predicted octanol–water partition coefficient (Wildman–Crippen LogP) is 4.00. The van der Waals surface area contributed by atoms with Crippen molar-refractivity contribution < 1.29 is 38.4 Å². The number of carbonyl (C=O) groups excluding carboxylic acids is 2. The van der Waals surface area contributed by atoms with Crippen molar-refractivity contribution in [3.8, 4) is 23.0 Å². The van der Waals surface area contributed by atoms with Gasteiger partial charge in [-0.15, -0.1) is 0 Å². The molecule has 0 fully saturated rings. The van der Waals surface area contributed by atoms with E-state index in [1.54, 1.807) is 31.3 Å². The fraction of sp³-hybridized carbons (Fsp3) is 0.414. The Hall–Kier alpha value is -3.72. The average molecular weight is 697 g/mol. The molecular weight excluding hydrogens is 659 g/mol. The Morgan fingerprint density at radius 2 is 1.83 bits per heavy atom. The number of methoxy groups -OCH3 is 1. The summed E-state index contributed by atoms with van der Waals surface area (Å²) in [4.78, 5) is 24.6. The molecule has 2 atom stereocenters. The maximum atomic E-state index is 12.4. The molecule has 12 nitrogen and oxygen atoms in total. The van der Waals surface area contributed by atoms with Crippen LogP contribution in [0.25, 0.3) is 0 Å². The third-order valence-electron chi connectivity index (χ3n) is 5.79. The highest BCUT2D eigenvalue weighted by Gasteiger charge is 2.32. The minimum Gasteiger partial charge on any atom is -0.490 e. The van der Waals surface area contributed by atoms with Crippen molar-refractivity contribution in [2.24, 2.45) is 5.10 Å². The molecule has 0 saturated heterocycles. The molecule has 0 aromatic heterocycles. The van der Waals surface area contributed by atoms with Crippen LogP contribution in [-0.4, -0.2) is 62.6 Å². The predicted molar refractivity (Wildman–Crippen MR) is 165 cm³/mol. The van der Waals surface area contributed by atoms with Gasteiger partial charge in [-0.2, -0.15) is 5.10 Å². The van der Waals surface area contributed by atoms with Crippen molar-refractivity contribution in [2.45, 2.75) is 53.0 Å². The van der Waals surface area contributed by atoms with Crippen molar-refractivity contribution >= 4 is 40.8 Å². The van der Waals surface area contributed by atoms with Gasteiger partial charge in [-0.25, -0.2) is 9.59 Å². The Kier molecular flexibility index (Phi) is 12.1. The monoisotopic (exact) mass is 696 g/mol. The second kappa shape index (κ2) is 15.5. The molecule has 42 heavy (non-hydrogen) atoms. The summed E-state index contributed by atoms with van der Waals surface area (Å²) < 4.78 is 29.0. The first-order valence-electron chi connectivity index (χ1n) is 13.4. The first kappa shape index (κ1) is 32.8. The third kappa shape index (κ3) is 8.64. The number of carbonyl (C=O) groups is 2.